The lowest BCUT2D eigenvalue weighted by Gasteiger charge is -2.07. The zero-order valence-electron chi connectivity index (χ0n) is 17.5. The van der Waals surface area contributed by atoms with Crippen molar-refractivity contribution >= 4 is 45.0 Å². The molecule has 7 heteroatoms. The van der Waals surface area contributed by atoms with E-state index in [0.29, 0.717) is 12.2 Å². The fourth-order valence-electron chi connectivity index (χ4n) is 3.24. The molecule has 1 N–H and O–H groups in total. The molecule has 2 aromatic heterocycles. The van der Waals surface area contributed by atoms with Crippen molar-refractivity contribution in [2.45, 2.75) is 39.0 Å². The summed E-state index contributed by atoms with van der Waals surface area (Å²) in [4.78, 5) is 18.6. The highest BCUT2D eigenvalue weighted by Gasteiger charge is 2.15. The van der Waals surface area contributed by atoms with Gasteiger partial charge < -0.3 is 5.32 Å². The van der Waals surface area contributed by atoms with E-state index < -0.39 is 0 Å². The number of aromatic nitrogens is 3. The minimum atomic E-state index is -0.0696. The first-order chi connectivity index (χ1) is 14.4. The Morgan fingerprint density at radius 2 is 1.83 bits per heavy atom. The van der Waals surface area contributed by atoms with Crippen LogP contribution in [0.15, 0.2) is 47.4 Å². The van der Waals surface area contributed by atoms with Gasteiger partial charge in [-0.25, -0.2) is 4.98 Å². The lowest BCUT2D eigenvalue weighted by Crippen LogP contribution is -2.17. The number of carbonyl (C=O) groups excluding carboxylic acids is 1. The van der Waals surface area contributed by atoms with E-state index in [0.717, 1.165) is 32.4 Å². The average molecular weight is 437 g/mol. The number of thiazole rings is 1. The van der Waals surface area contributed by atoms with Crippen LogP contribution in [-0.2, 0) is 11.2 Å². The molecule has 0 aliphatic heterocycles. The number of nitrogens with zero attached hydrogens (tertiary/aromatic N) is 3. The molecular weight excluding hydrogens is 412 g/mol. The van der Waals surface area contributed by atoms with Crippen molar-refractivity contribution in [2.24, 2.45) is 0 Å². The van der Waals surface area contributed by atoms with Crippen molar-refractivity contribution in [1.82, 2.24) is 14.8 Å². The number of fused-ring (bicyclic) bond motifs is 1. The SMILES string of the molecule is CCSc1ccc(CC(=O)Nc2cc(C)nn2-c2nc3cc(C)c(C)cc3s2)cc1. The van der Waals surface area contributed by atoms with Gasteiger partial charge in [-0.3, -0.25) is 4.79 Å². The van der Waals surface area contributed by atoms with Gasteiger partial charge in [0.25, 0.3) is 0 Å². The van der Waals surface area contributed by atoms with Crippen molar-refractivity contribution in [3.8, 4) is 5.13 Å². The van der Waals surface area contributed by atoms with Gasteiger partial charge in [0.1, 0.15) is 5.82 Å². The molecule has 2 aromatic carbocycles. The van der Waals surface area contributed by atoms with E-state index in [9.17, 15) is 4.79 Å². The number of hydrogen-bond acceptors (Lipinski definition) is 5. The van der Waals surface area contributed by atoms with E-state index in [4.69, 9.17) is 4.98 Å². The third kappa shape index (κ3) is 4.42. The van der Waals surface area contributed by atoms with Crippen molar-refractivity contribution in [2.75, 3.05) is 11.1 Å². The van der Waals surface area contributed by atoms with E-state index in [1.165, 1.54) is 16.0 Å². The van der Waals surface area contributed by atoms with Crippen molar-refractivity contribution in [1.29, 1.82) is 0 Å². The molecule has 0 atom stereocenters. The molecule has 0 spiro atoms. The first-order valence-electron chi connectivity index (χ1n) is 9.89. The largest absolute Gasteiger partial charge is 0.310 e. The normalized spacial score (nSPS) is 11.2. The second-order valence-corrected chi connectivity index (χ2v) is 9.63. The van der Waals surface area contributed by atoms with Crippen LogP contribution in [0.5, 0.6) is 0 Å². The van der Waals surface area contributed by atoms with Crippen LogP contribution in [0.2, 0.25) is 0 Å². The van der Waals surface area contributed by atoms with Gasteiger partial charge in [-0.2, -0.15) is 9.78 Å². The molecule has 0 radical (unpaired) electrons. The van der Waals surface area contributed by atoms with Crippen LogP contribution in [-0.4, -0.2) is 26.4 Å². The Kier molecular flexibility index (Phi) is 5.92. The van der Waals surface area contributed by atoms with Crippen LogP contribution in [0.3, 0.4) is 0 Å². The molecule has 0 aliphatic rings. The van der Waals surface area contributed by atoms with E-state index in [1.54, 1.807) is 27.8 Å². The highest BCUT2D eigenvalue weighted by atomic mass is 32.2. The topological polar surface area (TPSA) is 59.8 Å². The molecule has 0 aliphatic carbocycles. The fourth-order valence-corrected chi connectivity index (χ4v) is 4.91. The molecule has 2 heterocycles. The second kappa shape index (κ2) is 8.62. The Hall–Kier alpha value is -2.64. The first-order valence-corrected chi connectivity index (χ1v) is 11.7. The van der Waals surface area contributed by atoms with Crippen LogP contribution in [0.4, 0.5) is 5.82 Å². The molecule has 154 valence electrons. The summed E-state index contributed by atoms with van der Waals surface area (Å²) in [5.41, 5.74) is 5.23. The van der Waals surface area contributed by atoms with Gasteiger partial charge in [0.15, 0.2) is 0 Å². The Morgan fingerprint density at radius 1 is 1.10 bits per heavy atom. The Bertz CT molecular complexity index is 1170. The molecule has 4 rings (SSSR count). The minimum absolute atomic E-state index is 0.0696. The summed E-state index contributed by atoms with van der Waals surface area (Å²) in [7, 11) is 0. The number of thioether (sulfide) groups is 1. The number of hydrogen-bond donors (Lipinski definition) is 1. The average Bonchev–Trinajstić information content (AvgIpc) is 3.26. The lowest BCUT2D eigenvalue weighted by atomic mass is 10.1. The molecule has 0 saturated heterocycles. The Morgan fingerprint density at radius 3 is 2.57 bits per heavy atom. The van der Waals surface area contributed by atoms with Gasteiger partial charge in [0.2, 0.25) is 11.0 Å². The number of nitrogens with one attached hydrogen (secondary N) is 1. The lowest BCUT2D eigenvalue weighted by molar-refractivity contribution is -0.115. The fraction of sp³-hybridized carbons (Fsp3) is 0.261. The van der Waals surface area contributed by atoms with Crippen LogP contribution < -0.4 is 5.32 Å². The number of aryl methyl sites for hydroxylation is 3. The molecule has 4 aromatic rings. The zero-order chi connectivity index (χ0) is 21.3. The van der Waals surface area contributed by atoms with Gasteiger partial charge >= 0.3 is 0 Å². The number of carbonyl (C=O) groups is 1. The summed E-state index contributed by atoms with van der Waals surface area (Å²) < 4.78 is 2.84. The van der Waals surface area contributed by atoms with Crippen LogP contribution >= 0.6 is 23.1 Å². The van der Waals surface area contributed by atoms with Gasteiger partial charge in [0.05, 0.1) is 22.3 Å². The maximum absolute atomic E-state index is 12.7. The molecule has 0 unspecified atom stereocenters. The standard InChI is InChI=1S/C23H24N4OS2/c1-5-29-18-8-6-17(7-9-18)13-22(28)25-21-12-16(4)26-27(21)23-24-19-10-14(2)15(3)11-20(19)30-23/h6-12H,5,13H2,1-4H3,(H,25,28). The molecular formula is C23H24N4OS2. The van der Waals surface area contributed by atoms with Gasteiger partial charge in [0, 0.05) is 11.0 Å². The maximum Gasteiger partial charge on any atom is 0.229 e. The summed E-state index contributed by atoms with van der Waals surface area (Å²) in [5, 5.41) is 8.32. The molecule has 30 heavy (non-hydrogen) atoms. The maximum atomic E-state index is 12.7. The molecule has 5 nitrogen and oxygen atoms in total. The van der Waals surface area contributed by atoms with E-state index >= 15 is 0 Å². The van der Waals surface area contributed by atoms with E-state index in [2.05, 4.69) is 55.5 Å². The van der Waals surface area contributed by atoms with Crippen molar-refractivity contribution in [3.05, 3.63) is 64.8 Å². The zero-order valence-corrected chi connectivity index (χ0v) is 19.2. The van der Waals surface area contributed by atoms with Crippen molar-refractivity contribution < 1.29 is 4.79 Å². The Balaban J connectivity index is 1.55. The quantitative estimate of drug-likeness (QED) is 0.394. The number of amides is 1. The van der Waals surface area contributed by atoms with E-state index in [1.807, 2.05) is 25.1 Å². The summed E-state index contributed by atoms with van der Waals surface area (Å²) in [5.74, 6) is 1.61. The predicted octanol–water partition coefficient (Wildman–Crippen LogP) is 5.70. The number of anilines is 1. The summed E-state index contributed by atoms with van der Waals surface area (Å²) >= 11 is 3.37. The third-order valence-electron chi connectivity index (χ3n) is 4.87. The molecule has 0 fully saturated rings. The highest BCUT2D eigenvalue weighted by Crippen LogP contribution is 2.29. The highest BCUT2D eigenvalue weighted by molar-refractivity contribution is 7.99. The predicted molar refractivity (Wildman–Crippen MR) is 126 cm³/mol. The molecule has 0 saturated carbocycles. The number of benzene rings is 2. The summed E-state index contributed by atoms with van der Waals surface area (Å²) in [6.45, 7) is 8.24. The molecule has 0 bridgehead atoms. The second-order valence-electron chi connectivity index (χ2n) is 7.29. The minimum Gasteiger partial charge on any atom is -0.310 e. The summed E-state index contributed by atoms with van der Waals surface area (Å²) in [6, 6.07) is 14.3. The Labute approximate surface area is 184 Å². The monoisotopic (exact) mass is 436 g/mol. The smallest absolute Gasteiger partial charge is 0.229 e. The van der Waals surface area contributed by atoms with Gasteiger partial charge in [-0.15, -0.1) is 11.8 Å². The van der Waals surface area contributed by atoms with Crippen LogP contribution in [0.25, 0.3) is 15.3 Å². The summed E-state index contributed by atoms with van der Waals surface area (Å²) in [6.07, 6.45) is 0.319. The van der Waals surface area contributed by atoms with Crippen LogP contribution in [0.1, 0.15) is 29.3 Å². The van der Waals surface area contributed by atoms with Gasteiger partial charge in [-0.1, -0.05) is 30.4 Å². The third-order valence-corrected chi connectivity index (χ3v) is 6.76. The van der Waals surface area contributed by atoms with Crippen LogP contribution in [0, 0.1) is 20.8 Å². The molecule has 1 amide bonds. The van der Waals surface area contributed by atoms with E-state index in [-0.39, 0.29) is 5.91 Å². The van der Waals surface area contributed by atoms with Crippen molar-refractivity contribution in [3.63, 3.8) is 0 Å². The first kappa shape index (κ1) is 20.6. The van der Waals surface area contributed by atoms with Gasteiger partial charge in [-0.05, 0) is 67.5 Å². The number of rotatable bonds is 6.